The van der Waals surface area contributed by atoms with Gasteiger partial charge in [0.2, 0.25) is 0 Å². The van der Waals surface area contributed by atoms with Crippen LogP contribution in [0.2, 0.25) is 0 Å². The lowest BCUT2D eigenvalue weighted by Crippen LogP contribution is -2.00. The SMILES string of the molecule is O=S(=O)(F)Oc1ccc(Sc2ccc(OS(=O)(=O)F)cc2)cc1. The Labute approximate surface area is 135 Å². The number of halogens is 2. The maximum atomic E-state index is 12.3. The fraction of sp³-hybridized carbons (Fsp3) is 0. The molecular weight excluding hydrogens is 374 g/mol. The summed E-state index contributed by atoms with van der Waals surface area (Å²) in [5.74, 6) is -0.345. The second-order valence-corrected chi connectivity index (χ2v) is 7.05. The third kappa shape index (κ3) is 6.42. The molecular formula is C12H8F2O6S3. The first-order valence-electron chi connectivity index (χ1n) is 5.77. The molecule has 0 bridgehead atoms. The van der Waals surface area contributed by atoms with Crippen LogP contribution in [0.3, 0.4) is 0 Å². The van der Waals surface area contributed by atoms with Crippen molar-refractivity contribution in [1.82, 2.24) is 0 Å². The maximum Gasteiger partial charge on any atom is 0.488 e. The zero-order valence-electron chi connectivity index (χ0n) is 11.0. The number of benzene rings is 2. The number of hydrogen-bond acceptors (Lipinski definition) is 7. The van der Waals surface area contributed by atoms with E-state index in [2.05, 4.69) is 8.37 Å². The van der Waals surface area contributed by atoms with Gasteiger partial charge in [-0.05, 0) is 48.5 Å². The van der Waals surface area contributed by atoms with Gasteiger partial charge >= 0.3 is 21.0 Å². The fourth-order valence-corrected chi connectivity index (χ4v) is 2.99. The van der Waals surface area contributed by atoms with Gasteiger partial charge in [-0.25, -0.2) is 0 Å². The van der Waals surface area contributed by atoms with Crippen molar-refractivity contribution in [1.29, 1.82) is 0 Å². The molecule has 0 aromatic heterocycles. The topological polar surface area (TPSA) is 86.7 Å². The molecule has 2 rings (SSSR count). The van der Waals surface area contributed by atoms with Gasteiger partial charge in [-0.3, -0.25) is 0 Å². The smallest absolute Gasteiger partial charge is 0.358 e. The molecule has 0 aliphatic rings. The van der Waals surface area contributed by atoms with Crippen LogP contribution in [0, 0.1) is 0 Å². The van der Waals surface area contributed by atoms with Crippen molar-refractivity contribution in [2.45, 2.75) is 9.79 Å². The fourth-order valence-electron chi connectivity index (χ4n) is 1.49. The van der Waals surface area contributed by atoms with E-state index in [1.54, 1.807) is 0 Å². The summed E-state index contributed by atoms with van der Waals surface area (Å²) in [7, 11) is -10.1. The molecule has 0 unspecified atom stereocenters. The zero-order chi connectivity index (χ0) is 17.1. The van der Waals surface area contributed by atoms with Crippen LogP contribution in [0.15, 0.2) is 58.3 Å². The monoisotopic (exact) mass is 382 g/mol. The van der Waals surface area contributed by atoms with Crippen LogP contribution in [0.1, 0.15) is 0 Å². The van der Waals surface area contributed by atoms with E-state index in [-0.39, 0.29) is 11.5 Å². The summed E-state index contributed by atoms with van der Waals surface area (Å²) in [5.41, 5.74) is 0. The van der Waals surface area contributed by atoms with Crippen molar-refractivity contribution in [2.24, 2.45) is 0 Å². The summed E-state index contributed by atoms with van der Waals surface area (Å²) in [6.07, 6.45) is 0. The molecule has 0 saturated carbocycles. The van der Waals surface area contributed by atoms with Crippen LogP contribution >= 0.6 is 11.8 Å². The minimum absolute atomic E-state index is 0.172. The van der Waals surface area contributed by atoms with E-state index in [1.807, 2.05) is 0 Å². The molecule has 2 aromatic carbocycles. The minimum atomic E-state index is -5.07. The highest BCUT2D eigenvalue weighted by molar-refractivity contribution is 7.99. The second-order valence-electron chi connectivity index (χ2n) is 4.00. The third-order valence-electron chi connectivity index (χ3n) is 2.27. The third-order valence-corrected chi connectivity index (χ3v) is 4.07. The van der Waals surface area contributed by atoms with E-state index in [0.717, 1.165) is 0 Å². The Kier molecular flexibility index (Phi) is 5.12. The average molecular weight is 382 g/mol. The molecule has 124 valence electrons. The Hall–Kier alpha value is -1.85. The molecule has 23 heavy (non-hydrogen) atoms. The van der Waals surface area contributed by atoms with Crippen molar-refractivity contribution in [3.63, 3.8) is 0 Å². The summed E-state index contributed by atoms with van der Waals surface area (Å²) in [5, 5.41) is 0. The van der Waals surface area contributed by atoms with Crippen molar-refractivity contribution in [3.05, 3.63) is 48.5 Å². The van der Waals surface area contributed by atoms with Crippen LogP contribution in [0.4, 0.5) is 7.77 Å². The molecule has 0 aliphatic carbocycles. The highest BCUT2D eigenvalue weighted by Gasteiger charge is 2.10. The molecule has 0 heterocycles. The normalized spacial score (nSPS) is 11.9. The average Bonchev–Trinajstić information content (AvgIpc) is 2.40. The van der Waals surface area contributed by atoms with Crippen molar-refractivity contribution in [3.8, 4) is 11.5 Å². The second kappa shape index (κ2) is 6.72. The Morgan fingerprint density at radius 2 is 0.957 bits per heavy atom. The van der Waals surface area contributed by atoms with Crippen LogP contribution in [0.5, 0.6) is 11.5 Å². The molecule has 0 amide bonds. The van der Waals surface area contributed by atoms with Crippen molar-refractivity contribution < 1.29 is 33.0 Å². The van der Waals surface area contributed by atoms with Crippen LogP contribution < -0.4 is 8.37 Å². The summed E-state index contributed by atoms with van der Waals surface area (Å²) in [6.45, 7) is 0. The molecule has 0 spiro atoms. The van der Waals surface area contributed by atoms with Crippen LogP contribution in [-0.2, 0) is 21.0 Å². The van der Waals surface area contributed by atoms with E-state index in [1.165, 1.54) is 60.3 Å². The van der Waals surface area contributed by atoms with Gasteiger partial charge in [0.25, 0.3) is 0 Å². The molecule has 0 saturated heterocycles. The van der Waals surface area contributed by atoms with E-state index in [4.69, 9.17) is 0 Å². The first kappa shape index (κ1) is 17.5. The van der Waals surface area contributed by atoms with Crippen LogP contribution in [-0.4, -0.2) is 16.8 Å². The van der Waals surface area contributed by atoms with E-state index in [0.29, 0.717) is 9.79 Å². The molecule has 2 aromatic rings. The Balaban J connectivity index is 2.04. The quantitative estimate of drug-likeness (QED) is 0.710. The summed E-state index contributed by atoms with van der Waals surface area (Å²) < 4.78 is 74.1. The zero-order valence-corrected chi connectivity index (χ0v) is 13.5. The van der Waals surface area contributed by atoms with Gasteiger partial charge in [0, 0.05) is 9.79 Å². The number of hydrogen-bond donors (Lipinski definition) is 0. The molecule has 0 fully saturated rings. The standard InChI is InChI=1S/C12H8F2O6S3/c13-22(15,16)19-9-1-5-11(6-2-9)21-12-7-3-10(4-8-12)20-23(14,17)18/h1-8H. The number of rotatable bonds is 6. The Morgan fingerprint density at radius 3 is 1.22 bits per heavy atom. The van der Waals surface area contributed by atoms with Crippen molar-refractivity contribution in [2.75, 3.05) is 0 Å². The molecule has 0 N–H and O–H groups in total. The molecule has 0 atom stereocenters. The highest BCUT2D eigenvalue weighted by Crippen LogP contribution is 2.30. The Morgan fingerprint density at radius 1 is 0.652 bits per heavy atom. The minimum Gasteiger partial charge on any atom is -0.358 e. The molecule has 11 heteroatoms. The van der Waals surface area contributed by atoms with E-state index >= 15 is 0 Å². The van der Waals surface area contributed by atoms with Crippen LogP contribution in [0.25, 0.3) is 0 Å². The van der Waals surface area contributed by atoms with Gasteiger partial charge in [0.15, 0.2) is 0 Å². The van der Waals surface area contributed by atoms with Gasteiger partial charge < -0.3 is 8.37 Å². The van der Waals surface area contributed by atoms with Gasteiger partial charge in [0.1, 0.15) is 11.5 Å². The lowest BCUT2D eigenvalue weighted by molar-refractivity contribution is 0.438. The molecule has 0 radical (unpaired) electrons. The van der Waals surface area contributed by atoms with Gasteiger partial charge in [-0.15, -0.1) is 0 Å². The van der Waals surface area contributed by atoms with Gasteiger partial charge in [-0.1, -0.05) is 19.5 Å². The lowest BCUT2D eigenvalue weighted by atomic mass is 10.3. The molecule has 0 aliphatic heterocycles. The predicted octanol–water partition coefficient (Wildman–Crippen LogP) is 3.02. The molecule has 6 nitrogen and oxygen atoms in total. The maximum absolute atomic E-state index is 12.3. The largest absolute Gasteiger partial charge is 0.488 e. The summed E-state index contributed by atoms with van der Waals surface area (Å²) in [6, 6.07) is 11.1. The highest BCUT2D eigenvalue weighted by atomic mass is 32.3. The first-order chi connectivity index (χ1) is 10.6. The van der Waals surface area contributed by atoms with E-state index in [9.17, 15) is 24.6 Å². The first-order valence-corrected chi connectivity index (χ1v) is 9.20. The van der Waals surface area contributed by atoms with Gasteiger partial charge in [0.05, 0.1) is 0 Å². The lowest BCUT2D eigenvalue weighted by Gasteiger charge is -2.05. The van der Waals surface area contributed by atoms with Crippen molar-refractivity contribution >= 4 is 32.8 Å². The van der Waals surface area contributed by atoms with E-state index < -0.39 is 21.0 Å². The predicted molar refractivity (Wildman–Crippen MR) is 78.3 cm³/mol. The summed E-state index contributed by atoms with van der Waals surface area (Å²) in [4.78, 5) is 1.36. The summed E-state index contributed by atoms with van der Waals surface area (Å²) >= 11 is 1.24. The Bertz CT molecular complexity index is 802. The van der Waals surface area contributed by atoms with Gasteiger partial charge in [-0.2, -0.15) is 16.8 Å².